The zero-order valence-electron chi connectivity index (χ0n) is 13.7. The summed E-state index contributed by atoms with van der Waals surface area (Å²) in [6.07, 6.45) is 2.32. The third-order valence-electron chi connectivity index (χ3n) is 4.20. The number of aryl methyl sites for hydroxylation is 1. The molecule has 23 heavy (non-hydrogen) atoms. The average molecular weight is 333 g/mol. The van der Waals surface area contributed by atoms with E-state index >= 15 is 0 Å². The van der Waals surface area contributed by atoms with Gasteiger partial charge in [0.05, 0.1) is 17.0 Å². The first kappa shape index (κ1) is 16.2. The summed E-state index contributed by atoms with van der Waals surface area (Å²) in [5.41, 5.74) is 0.755. The van der Waals surface area contributed by atoms with Crippen LogP contribution in [-0.4, -0.2) is 41.5 Å². The molecule has 0 spiro atoms. The SMILES string of the molecule is CCCN(C(=O)Cc1nc(-c2cccs2)oc1C)C1CCNC1. The smallest absolute Gasteiger partial charge is 0.236 e. The van der Waals surface area contributed by atoms with Crippen molar-refractivity contribution in [3.05, 3.63) is 29.0 Å². The zero-order chi connectivity index (χ0) is 16.2. The molecule has 1 aliphatic heterocycles. The predicted molar refractivity (Wildman–Crippen MR) is 91.5 cm³/mol. The second-order valence-electron chi connectivity index (χ2n) is 5.91. The standard InChI is InChI=1S/C17H23N3O2S/c1-3-8-20(13-6-7-18-11-13)16(21)10-14-12(2)22-17(19-14)15-5-4-9-23-15/h4-5,9,13,18H,3,6-8,10-11H2,1-2H3. The summed E-state index contributed by atoms with van der Waals surface area (Å²) in [4.78, 5) is 20.3. The van der Waals surface area contributed by atoms with Gasteiger partial charge in [-0.3, -0.25) is 4.79 Å². The van der Waals surface area contributed by atoms with Gasteiger partial charge in [0.15, 0.2) is 0 Å². The van der Waals surface area contributed by atoms with Crippen LogP contribution in [0.15, 0.2) is 21.9 Å². The van der Waals surface area contributed by atoms with Crippen molar-refractivity contribution in [3.63, 3.8) is 0 Å². The summed E-state index contributed by atoms with van der Waals surface area (Å²) in [6, 6.07) is 4.27. The van der Waals surface area contributed by atoms with E-state index in [0.717, 1.165) is 48.8 Å². The fourth-order valence-electron chi connectivity index (χ4n) is 3.00. The van der Waals surface area contributed by atoms with Crippen molar-refractivity contribution in [3.8, 4) is 10.8 Å². The van der Waals surface area contributed by atoms with E-state index in [1.165, 1.54) is 0 Å². The number of rotatable bonds is 6. The molecule has 3 heterocycles. The average Bonchev–Trinajstić information content (AvgIpc) is 3.27. The largest absolute Gasteiger partial charge is 0.440 e. The van der Waals surface area contributed by atoms with Crippen LogP contribution in [0.5, 0.6) is 0 Å². The number of thiophene rings is 1. The maximum atomic E-state index is 12.8. The van der Waals surface area contributed by atoms with Crippen LogP contribution in [-0.2, 0) is 11.2 Å². The van der Waals surface area contributed by atoms with Crippen LogP contribution >= 0.6 is 11.3 Å². The van der Waals surface area contributed by atoms with E-state index < -0.39 is 0 Å². The highest BCUT2D eigenvalue weighted by Gasteiger charge is 2.27. The molecule has 0 aromatic carbocycles. The highest BCUT2D eigenvalue weighted by atomic mass is 32.1. The molecule has 0 bridgehead atoms. The van der Waals surface area contributed by atoms with Crippen LogP contribution in [0.3, 0.4) is 0 Å². The van der Waals surface area contributed by atoms with Crippen LogP contribution in [0, 0.1) is 6.92 Å². The lowest BCUT2D eigenvalue weighted by molar-refractivity contribution is -0.132. The summed E-state index contributed by atoms with van der Waals surface area (Å²) >= 11 is 1.59. The minimum absolute atomic E-state index is 0.148. The molecule has 1 N–H and O–H groups in total. The summed E-state index contributed by atoms with van der Waals surface area (Å²) in [6.45, 7) is 6.68. The van der Waals surface area contributed by atoms with Gasteiger partial charge in [-0.25, -0.2) is 4.98 Å². The summed E-state index contributed by atoms with van der Waals surface area (Å²) < 4.78 is 5.74. The van der Waals surface area contributed by atoms with Crippen molar-refractivity contribution in [2.75, 3.05) is 19.6 Å². The summed E-state index contributed by atoms with van der Waals surface area (Å²) in [5, 5.41) is 5.33. The molecule has 0 radical (unpaired) electrons. The number of nitrogens with zero attached hydrogens (tertiary/aromatic N) is 2. The first-order valence-electron chi connectivity index (χ1n) is 8.19. The maximum Gasteiger partial charge on any atom is 0.236 e. The van der Waals surface area contributed by atoms with Gasteiger partial charge >= 0.3 is 0 Å². The molecule has 1 aliphatic rings. The molecule has 2 aromatic heterocycles. The van der Waals surface area contributed by atoms with E-state index in [1.807, 2.05) is 29.3 Å². The molecule has 6 heteroatoms. The third kappa shape index (κ3) is 3.64. The molecule has 5 nitrogen and oxygen atoms in total. The van der Waals surface area contributed by atoms with E-state index in [4.69, 9.17) is 4.42 Å². The number of carbonyl (C=O) groups is 1. The second-order valence-corrected chi connectivity index (χ2v) is 6.86. The normalized spacial score (nSPS) is 17.6. The molecule has 2 aromatic rings. The Bertz CT molecular complexity index is 645. The maximum absolute atomic E-state index is 12.8. The van der Waals surface area contributed by atoms with Crippen molar-refractivity contribution in [2.45, 2.75) is 39.2 Å². The lowest BCUT2D eigenvalue weighted by Gasteiger charge is -2.28. The van der Waals surface area contributed by atoms with Crippen LogP contribution in [0.25, 0.3) is 10.8 Å². The minimum atomic E-state index is 0.148. The van der Waals surface area contributed by atoms with Crippen molar-refractivity contribution in [2.24, 2.45) is 0 Å². The second kappa shape index (κ2) is 7.27. The Kier molecular flexibility index (Phi) is 5.13. The highest BCUT2D eigenvalue weighted by molar-refractivity contribution is 7.13. The number of oxazole rings is 1. The quantitative estimate of drug-likeness (QED) is 0.883. The van der Waals surface area contributed by atoms with E-state index in [0.29, 0.717) is 18.4 Å². The van der Waals surface area contributed by atoms with Crippen molar-refractivity contribution in [1.82, 2.24) is 15.2 Å². The third-order valence-corrected chi connectivity index (χ3v) is 5.06. The zero-order valence-corrected chi connectivity index (χ0v) is 14.5. The molecule has 0 aliphatic carbocycles. The van der Waals surface area contributed by atoms with Gasteiger partial charge in [-0.1, -0.05) is 13.0 Å². The van der Waals surface area contributed by atoms with E-state index in [9.17, 15) is 4.79 Å². The first-order valence-corrected chi connectivity index (χ1v) is 9.07. The van der Waals surface area contributed by atoms with Gasteiger partial charge in [-0.05, 0) is 37.8 Å². The molecule has 124 valence electrons. The van der Waals surface area contributed by atoms with E-state index in [1.54, 1.807) is 11.3 Å². The van der Waals surface area contributed by atoms with Crippen molar-refractivity contribution in [1.29, 1.82) is 0 Å². The molecule has 1 amide bonds. The van der Waals surface area contributed by atoms with Crippen molar-refractivity contribution >= 4 is 17.2 Å². The summed E-state index contributed by atoms with van der Waals surface area (Å²) in [5.74, 6) is 1.50. The van der Waals surface area contributed by atoms with Gasteiger partial charge < -0.3 is 14.6 Å². The molecular formula is C17H23N3O2S. The lowest BCUT2D eigenvalue weighted by Crippen LogP contribution is -2.43. The van der Waals surface area contributed by atoms with Crippen LogP contribution in [0.4, 0.5) is 0 Å². The molecule has 1 atom stereocenters. The van der Waals surface area contributed by atoms with Gasteiger partial charge in [-0.2, -0.15) is 0 Å². The Morgan fingerprint density at radius 3 is 3.09 bits per heavy atom. The molecule has 1 saturated heterocycles. The first-order chi connectivity index (χ1) is 11.2. The topological polar surface area (TPSA) is 58.4 Å². The van der Waals surface area contributed by atoms with Crippen LogP contribution in [0.2, 0.25) is 0 Å². The Morgan fingerprint density at radius 2 is 2.43 bits per heavy atom. The van der Waals surface area contributed by atoms with Crippen LogP contribution in [0.1, 0.15) is 31.2 Å². The highest BCUT2D eigenvalue weighted by Crippen LogP contribution is 2.26. The van der Waals surface area contributed by atoms with E-state index in [2.05, 4.69) is 17.2 Å². The van der Waals surface area contributed by atoms with Gasteiger partial charge in [0.25, 0.3) is 0 Å². The van der Waals surface area contributed by atoms with Gasteiger partial charge in [0.2, 0.25) is 11.8 Å². The van der Waals surface area contributed by atoms with Crippen LogP contribution < -0.4 is 5.32 Å². The number of carbonyl (C=O) groups excluding carboxylic acids is 1. The Hall–Kier alpha value is -1.66. The molecule has 3 rings (SSSR count). The summed E-state index contributed by atoms with van der Waals surface area (Å²) in [7, 11) is 0. The van der Waals surface area contributed by atoms with E-state index in [-0.39, 0.29) is 5.91 Å². The fraction of sp³-hybridized carbons (Fsp3) is 0.529. The number of aromatic nitrogens is 1. The predicted octanol–water partition coefficient (Wildman–Crippen LogP) is 2.85. The Labute approximate surface area is 140 Å². The Balaban J connectivity index is 1.73. The number of amides is 1. The van der Waals surface area contributed by atoms with Crippen molar-refractivity contribution < 1.29 is 9.21 Å². The van der Waals surface area contributed by atoms with Gasteiger partial charge in [0.1, 0.15) is 5.76 Å². The monoisotopic (exact) mass is 333 g/mol. The Morgan fingerprint density at radius 1 is 1.57 bits per heavy atom. The molecule has 1 fully saturated rings. The molecule has 1 unspecified atom stereocenters. The fourth-order valence-corrected chi connectivity index (χ4v) is 3.65. The minimum Gasteiger partial charge on any atom is -0.440 e. The van der Waals surface area contributed by atoms with Gasteiger partial charge in [0, 0.05) is 19.1 Å². The number of hydrogen-bond acceptors (Lipinski definition) is 5. The molecule has 0 saturated carbocycles. The number of nitrogens with one attached hydrogen (secondary N) is 1. The lowest BCUT2D eigenvalue weighted by atomic mass is 10.1. The van der Waals surface area contributed by atoms with Gasteiger partial charge in [-0.15, -0.1) is 11.3 Å². The molecular weight excluding hydrogens is 310 g/mol. The number of hydrogen-bond donors (Lipinski definition) is 1.